The molecule has 0 bridgehead atoms. The minimum atomic E-state index is -0.573. The van der Waals surface area contributed by atoms with Gasteiger partial charge in [-0.15, -0.1) is 0 Å². The van der Waals surface area contributed by atoms with Gasteiger partial charge in [0.15, 0.2) is 6.10 Å². The van der Waals surface area contributed by atoms with Crippen molar-refractivity contribution in [3.8, 4) is 5.75 Å². The van der Waals surface area contributed by atoms with E-state index in [0.29, 0.717) is 6.42 Å². The molecule has 120 valence electrons. The molecule has 0 spiro atoms. The van der Waals surface area contributed by atoms with Crippen LogP contribution in [0.15, 0.2) is 24.3 Å². The van der Waals surface area contributed by atoms with E-state index in [2.05, 4.69) is 0 Å². The molecule has 1 aromatic rings. The summed E-state index contributed by atoms with van der Waals surface area (Å²) in [5.41, 5.74) is 0.958. The maximum Gasteiger partial charge on any atom is 0.303 e. The number of methoxy groups -OCH3 is 1. The van der Waals surface area contributed by atoms with E-state index in [0.717, 1.165) is 11.3 Å². The second-order valence-electron chi connectivity index (χ2n) is 5.13. The van der Waals surface area contributed by atoms with E-state index < -0.39 is 24.1 Å². The molecule has 1 heterocycles. The average Bonchev–Trinajstić information content (AvgIpc) is 2.48. The monoisotopic (exact) mass is 308 g/mol. The van der Waals surface area contributed by atoms with E-state index in [1.165, 1.54) is 13.8 Å². The molecule has 2 rings (SSSR count). The Hall–Kier alpha value is -2.08. The topological polar surface area (TPSA) is 71.1 Å². The Morgan fingerprint density at radius 2 is 1.64 bits per heavy atom. The van der Waals surface area contributed by atoms with Gasteiger partial charge in [0.05, 0.1) is 19.8 Å². The minimum Gasteiger partial charge on any atom is -0.497 e. The predicted molar refractivity (Wildman–Crippen MR) is 77.4 cm³/mol. The summed E-state index contributed by atoms with van der Waals surface area (Å²) >= 11 is 0. The van der Waals surface area contributed by atoms with Crippen molar-refractivity contribution in [3.05, 3.63) is 29.8 Å². The summed E-state index contributed by atoms with van der Waals surface area (Å²) in [6, 6.07) is 7.50. The van der Waals surface area contributed by atoms with Crippen molar-refractivity contribution >= 4 is 11.9 Å². The smallest absolute Gasteiger partial charge is 0.303 e. The number of esters is 2. The van der Waals surface area contributed by atoms with Crippen molar-refractivity contribution in [2.45, 2.75) is 38.6 Å². The van der Waals surface area contributed by atoms with Crippen molar-refractivity contribution in [1.29, 1.82) is 0 Å². The fourth-order valence-corrected chi connectivity index (χ4v) is 2.46. The highest BCUT2D eigenvalue weighted by atomic mass is 16.6. The molecular weight excluding hydrogens is 288 g/mol. The Kier molecular flexibility index (Phi) is 5.38. The number of hydrogen-bond donors (Lipinski definition) is 0. The molecule has 1 aromatic carbocycles. The molecule has 0 aromatic heterocycles. The van der Waals surface area contributed by atoms with Crippen LogP contribution in [0.2, 0.25) is 0 Å². The van der Waals surface area contributed by atoms with E-state index in [1.807, 2.05) is 24.3 Å². The van der Waals surface area contributed by atoms with Gasteiger partial charge < -0.3 is 18.9 Å². The summed E-state index contributed by atoms with van der Waals surface area (Å²) in [5.74, 6) is -0.0694. The SMILES string of the molecule is COc1ccc([C@@H]2C[C@@H](OC(C)=O)[C@H](OC(C)=O)CO2)cc1. The summed E-state index contributed by atoms with van der Waals surface area (Å²) in [4.78, 5) is 22.4. The van der Waals surface area contributed by atoms with E-state index >= 15 is 0 Å². The first-order chi connectivity index (χ1) is 10.5. The maximum atomic E-state index is 11.2. The molecule has 0 aliphatic carbocycles. The molecule has 1 saturated heterocycles. The van der Waals surface area contributed by atoms with Crippen LogP contribution >= 0.6 is 0 Å². The van der Waals surface area contributed by atoms with E-state index in [1.54, 1.807) is 7.11 Å². The second-order valence-corrected chi connectivity index (χ2v) is 5.13. The van der Waals surface area contributed by atoms with Gasteiger partial charge in [-0.25, -0.2) is 0 Å². The van der Waals surface area contributed by atoms with Crippen LogP contribution in [0.5, 0.6) is 5.75 Å². The zero-order valence-electron chi connectivity index (χ0n) is 12.9. The minimum absolute atomic E-state index is 0.189. The number of benzene rings is 1. The van der Waals surface area contributed by atoms with Crippen LogP contribution in [0.25, 0.3) is 0 Å². The Labute approximate surface area is 129 Å². The van der Waals surface area contributed by atoms with E-state index in [4.69, 9.17) is 18.9 Å². The summed E-state index contributed by atoms with van der Waals surface area (Å²) < 4.78 is 21.3. The van der Waals surface area contributed by atoms with Gasteiger partial charge in [0.25, 0.3) is 0 Å². The summed E-state index contributed by atoms with van der Waals surface area (Å²) in [7, 11) is 1.60. The summed E-state index contributed by atoms with van der Waals surface area (Å²) in [6.07, 6.45) is -0.871. The molecule has 0 saturated carbocycles. The number of ether oxygens (including phenoxy) is 4. The Bertz CT molecular complexity index is 524. The van der Waals surface area contributed by atoms with Crippen LogP contribution in [0.3, 0.4) is 0 Å². The Morgan fingerprint density at radius 3 is 2.18 bits per heavy atom. The molecule has 0 N–H and O–H groups in total. The van der Waals surface area contributed by atoms with Gasteiger partial charge in [-0.05, 0) is 17.7 Å². The molecule has 6 heteroatoms. The first-order valence-electron chi connectivity index (χ1n) is 7.09. The highest BCUT2D eigenvalue weighted by Crippen LogP contribution is 2.32. The lowest BCUT2D eigenvalue weighted by Gasteiger charge is -2.35. The number of rotatable bonds is 4. The van der Waals surface area contributed by atoms with E-state index in [9.17, 15) is 9.59 Å². The third-order valence-electron chi connectivity index (χ3n) is 3.44. The van der Waals surface area contributed by atoms with Crippen LogP contribution in [-0.2, 0) is 23.8 Å². The zero-order chi connectivity index (χ0) is 16.1. The molecule has 0 radical (unpaired) electrons. The molecule has 1 fully saturated rings. The number of hydrogen-bond acceptors (Lipinski definition) is 6. The second kappa shape index (κ2) is 7.26. The molecular formula is C16H20O6. The lowest BCUT2D eigenvalue weighted by molar-refractivity contribution is -0.187. The molecule has 1 aliphatic rings. The summed E-state index contributed by atoms with van der Waals surface area (Å²) in [6.45, 7) is 2.84. The standard InChI is InChI=1S/C16H20O6/c1-10(17)21-15-8-14(20-9-16(15)22-11(2)18)12-4-6-13(19-3)7-5-12/h4-7,14-16H,8-9H2,1-3H3/t14-,15+,16+/m0/s1. The molecule has 0 amide bonds. The van der Waals surface area contributed by atoms with Gasteiger partial charge in [-0.3, -0.25) is 9.59 Å². The lowest BCUT2D eigenvalue weighted by atomic mass is 9.97. The first-order valence-corrected chi connectivity index (χ1v) is 7.09. The van der Waals surface area contributed by atoms with E-state index in [-0.39, 0.29) is 12.7 Å². The molecule has 0 unspecified atom stereocenters. The van der Waals surface area contributed by atoms with Gasteiger partial charge in [0.2, 0.25) is 0 Å². The maximum absolute atomic E-state index is 11.2. The third-order valence-corrected chi connectivity index (χ3v) is 3.44. The van der Waals surface area contributed by atoms with Crippen LogP contribution in [0.4, 0.5) is 0 Å². The highest BCUT2D eigenvalue weighted by Gasteiger charge is 2.36. The fraction of sp³-hybridized carbons (Fsp3) is 0.500. The third kappa shape index (κ3) is 4.21. The average molecular weight is 308 g/mol. The number of carbonyl (C=O) groups excluding carboxylic acids is 2. The van der Waals surface area contributed by atoms with Crippen LogP contribution in [-0.4, -0.2) is 37.9 Å². The van der Waals surface area contributed by atoms with Crippen molar-refractivity contribution < 1.29 is 28.5 Å². The normalized spacial score (nSPS) is 24.4. The molecule has 6 nitrogen and oxygen atoms in total. The predicted octanol–water partition coefficient (Wildman–Crippen LogP) is 2.02. The Morgan fingerprint density at radius 1 is 1.05 bits per heavy atom. The largest absolute Gasteiger partial charge is 0.497 e. The van der Waals surface area contributed by atoms with Gasteiger partial charge in [-0.1, -0.05) is 12.1 Å². The van der Waals surface area contributed by atoms with Crippen LogP contribution in [0.1, 0.15) is 31.9 Å². The molecule has 22 heavy (non-hydrogen) atoms. The fourth-order valence-electron chi connectivity index (χ4n) is 2.46. The summed E-state index contributed by atoms with van der Waals surface area (Å²) in [5, 5.41) is 0. The molecule has 1 aliphatic heterocycles. The van der Waals surface area contributed by atoms with Gasteiger partial charge in [-0.2, -0.15) is 0 Å². The lowest BCUT2D eigenvalue weighted by Crippen LogP contribution is -2.43. The van der Waals surface area contributed by atoms with Crippen molar-refractivity contribution in [3.63, 3.8) is 0 Å². The van der Waals surface area contributed by atoms with Crippen LogP contribution < -0.4 is 4.74 Å². The van der Waals surface area contributed by atoms with Gasteiger partial charge >= 0.3 is 11.9 Å². The molecule has 3 atom stereocenters. The highest BCUT2D eigenvalue weighted by molar-refractivity contribution is 5.67. The first kappa shape index (κ1) is 16.3. The quantitative estimate of drug-likeness (QED) is 0.793. The van der Waals surface area contributed by atoms with Gasteiger partial charge in [0.1, 0.15) is 11.9 Å². The van der Waals surface area contributed by atoms with Crippen LogP contribution in [0, 0.1) is 0 Å². The zero-order valence-corrected chi connectivity index (χ0v) is 12.9. The van der Waals surface area contributed by atoms with Gasteiger partial charge in [0, 0.05) is 20.3 Å². The van der Waals surface area contributed by atoms with Crippen molar-refractivity contribution in [1.82, 2.24) is 0 Å². The van der Waals surface area contributed by atoms with Crippen molar-refractivity contribution in [2.75, 3.05) is 13.7 Å². The number of carbonyl (C=O) groups is 2. The Balaban J connectivity index is 2.09. The van der Waals surface area contributed by atoms with Crippen molar-refractivity contribution in [2.24, 2.45) is 0 Å².